The fourth-order valence-electron chi connectivity index (χ4n) is 2.31. The fraction of sp³-hybridized carbons (Fsp3) is 0.833. The number of methoxy groups -OCH3 is 1. The first kappa shape index (κ1) is 14.0. The molecule has 1 aliphatic rings. The van der Waals surface area contributed by atoms with Gasteiger partial charge < -0.3 is 15.2 Å². The molecule has 0 aromatic heterocycles. The SMILES string of the molecule is COC(CNC(=O)C1CCCC1C)CC(=O)O. The van der Waals surface area contributed by atoms with Gasteiger partial charge in [-0.15, -0.1) is 0 Å². The molecule has 0 aromatic rings. The van der Waals surface area contributed by atoms with Crippen LogP contribution in [0.5, 0.6) is 0 Å². The summed E-state index contributed by atoms with van der Waals surface area (Å²) in [6, 6.07) is 0. The van der Waals surface area contributed by atoms with E-state index >= 15 is 0 Å². The van der Waals surface area contributed by atoms with Crippen LogP contribution in [0.4, 0.5) is 0 Å². The maximum Gasteiger partial charge on any atom is 0.306 e. The molecule has 0 spiro atoms. The summed E-state index contributed by atoms with van der Waals surface area (Å²) in [6.07, 6.45) is 2.59. The van der Waals surface area contributed by atoms with E-state index in [1.807, 2.05) is 0 Å². The highest BCUT2D eigenvalue weighted by molar-refractivity contribution is 5.79. The number of carbonyl (C=O) groups is 2. The smallest absolute Gasteiger partial charge is 0.306 e. The zero-order valence-corrected chi connectivity index (χ0v) is 10.4. The van der Waals surface area contributed by atoms with Crippen LogP contribution in [0.15, 0.2) is 0 Å². The second-order valence-corrected chi connectivity index (χ2v) is 4.72. The highest BCUT2D eigenvalue weighted by Gasteiger charge is 2.29. The van der Waals surface area contributed by atoms with Gasteiger partial charge in [0.05, 0.1) is 12.5 Å². The Balaban J connectivity index is 2.33. The van der Waals surface area contributed by atoms with Crippen molar-refractivity contribution in [2.24, 2.45) is 11.8 Å². The van der Waals surface area contributed by atoms with Crippen LogP contribution >= 0.6 is 0 Å². The molecule has 1 amide bonds. The molecular formula is C12H21NO4. The van der Waals surface area contributed by atoms with E-state index in [2.05, 4.69) is 12.2 Å². The van der Waals surface area contributed by atoms with Crippen molar-refractivity contribution >= 4 is 11.9 Å². The molecule has 0 heterocycles. The highest BCUT2D eigenvalue weighted by atomic mass is 16.5. The molecule has 5 heteroatoms. The van der Waals surface area contributed by atoms with E-state index in [1.54, 1.807) is 0 Å². The first-order valence-corrected chi connectivity index (χ1v) is 6.07. The number of ether oxygens (including phenoxy) is 1. The molecule has 0 aromatic carbocycles. The van der Waals surface area contributed by atoms with Crippen molar-refractivity contribution in [1.82, 2.24) is 5.32 Å². The maximum atomic E-state index is 11.8. The van der Waals surface area contributed by atoms with Gasteiger partial charge in [-0.1, -0.05) is 13.3 Å². The Morgan fingerprint density at radius 3 is 2.65 bits per heavy atom. The summed E-state index contributed by atoms with van der Waals surface area (Å²) >= 11 is 0. The van der Waals surface area contributed by atoms with Crippen LogP contribution in [0, 0.1) is 11.8 Å². The van der Waals surface area contributed by atoms with Crippen LogP contribution in [0.1, 0.15) is 32.6 Å². The topological polar surface area (TPSA) is 75.6 Å². The Kier molecular flexibility index (Phi) is 5.41. The largest absolute Gasteiger partial charge is 0.481 e. The molecular weight excluding hydrogens is 222 g/mol. The van der Waals surface area contributed by atoms with Gasteiger partial charge in [-0.3, -0.25) is 9.59 Å². The van der Waals surface area contributed by atoms with E-state index in [0.717, 1.165) is 19.3 Å². The van der Waals surface area contributed by atoms with E-state index in [9.17, 15) is 9.59 Å². The van der Waals surface area contributed by atoms with E-state index < -0.39 is 12.1 Å². The molecule has 5 nitrogen and oxygen atoms in total. The Morgan fingerprint density at radius 2 is 2.18 bits per heavy atom. The number of carbonyl (C=O) groups excluding carboxylic acids is 1. The van der Waals surface area contributed by atoms with Crippen LogP contribution in [0.2, 0.25) is 0 Å². The summed E-state index contributed by atoms with van der Waals surface area (Å²) < 4.78 is 5.01. The molecule has 1 rings (SSSR count). The molecule has 98 valence electrons. The fourth-order valence-corrected chi connectivity index (χ4v) is 2.31. The van der Waals surface area contributed by atoms with Crippen molar-refractivity contribution in [3.63, 3.8) is 0 Å². The minimum atomic E-state index is -0.916. The quantitative estimate of drug-likeness (QED) is 0.730. The molecule has 3 atom stereocenters. The van der Waals surface area contributed by atoms with Crippen LogP contribution < -0.4 is 5.32 Å². The predicted octanol–water partition coefficient (Wildman–Crippen LogP) is 1.03. The Labute approximate surface area is 102 Å². The molecule has 17 heavy (non-hydrogen) atoms. The number of rotatable bonds is 6. The van der Waals surface area contributed by atoms with Crippen LogP contribution in [-0.4, -0.2) is 36.7 Å². The van der Waals surface area contributed by atoms with Gasteiger partial charge in [0.1, 0.15) is 0 Å². The number of carboxylic acids is 1. The molecule has 1 aliphatic carbocycles. The van der Waals surface area contributed by atoms with Gasteiger partial charge in [-0.05, 0) is 18.8 Å². The standard InChI is InChI=1S/C12H21NO4/c1-8-4-3-5-10(8)12(16)13-7-9(17-2)6-11(14)15/h8-10H,3-7H2,1-2H3,(H,13,16)(H,14,15). The average Bonchev–Trinajstić information content (AvgIpc) is 2.69. The molecule has 0 radical (unpaired) electrons. The molecule has 3 unspecified atom stereocenters. The summed E-state index contributed by atoms with van der Waals surface area (Å²) in [7, 11) is 1.46. The zero-order chi connectivity index (χ0) is 12.8. The van der Waals surface area contributed by atoms with Gasteiger partial charge in [-0.25, -0.2) is 0 Å². The van der Waals surface area contributed by atoms with Gasteiger partial charge in [0, 0.05) is 19.6 Å². The van der Waals surface area contributed by atoms with Gasteiger partial charge in [0.25, 0.3) is 0 Å². The van der Waals surface area contributed by atoms with Crippen molar-refractivity contribution in [3.8, 4) is 0 Å². The first-order valence-electron chi connectivity index (χ1n) is 6.07. The van der Waals surface area contributed by atoms with E-state index in [0.29, 0.717) is 5.92 Å². The number of aliphatic carboxylic acids is 1. The van der Waals surface area contributed by atoms with Crippen molar-refractivity contribution in [1.29, 1.82) is 0 Å². The molecule has 0 bridgehead atoms. The Bertz CT molecular complexity index is 280. The van der Waals surface area contributed by atoms with Gasteiger partial charge in [-0.2, -0.15) is 0 Å². The Morgan fingerprint density at radius 1 is 1.47 bits per heavy atom. The van der Waals surface area contributed by atoms with E-state index in [4.69, 9.17) is 9.84 Å². The first-order chi connectivity index (χ1) is 8.04. The monoisotopic (exact) mass is 243 g/mol. The van der Waals surface area contributed by atoms with E-state index in [-0.39, 0.29) is 24.8 Å². The van der Waals surface area contributed by atoms with Crippen molar-refractivity contribution in [2.75, 3.05) is 13.7 Å². The van der Waals surface area contributed by atoms with E-state index in [1.165, 1.54) is 7.11 Å². The second-order valence-electron chi connectivity index (χ2n) is 4.72. The lowest BCUT2D eigenvalue weighted by Crippen LogP contribution is -2.38. The number of carboxylic acid groups (broad SMARTS) is 1. The molecule has 2 N–H and O–H groups in total. The van der Waals surface area contributed by atoms with Crippen molar-refractivity contribution in [3.05, 3.63) is 0 Å². The minimum Gasteiger partial charge on any atom is -0.481 e. The predicted molar refractivity (Wildman–Crippen MR) is 62.6 cm³/mol. The van der Waals surface area contributed by atoms with Gasteiger partial charge >= 0.3 is 5.97 Å². The van der Waals surface area contributed by atoms with Crippen molar-refractivity contribution in [2.45, 2.75) is 38.7 Å². The number of amides is 1. The summed E-state index contributed by atoms with van der Waals surface area (Å²) in [5.74, 6) is -0.379. The maximum absolute atomic E-state index is 11.8. The summed E-state index contributed by atoms with van der Waals surface area (Å²) in [5.41, 5.74) is 0. The van der Waals surface area contributed by atoms with Crippen LogP contribution in [0.3, 0.4) is 0 Å². The lowest BCUT2D eigenvalue weighted by atomic mass is 9.97. The van der Waals surface area contributed by atoms with Crippen LogP contribution in [-0.2, 0) is 14.3 Å². The lowest BCUT2D eigenvalue weighted by molar-refractivity contribution is -0.140. The summed E-state index contributed by atoms with van der Waals surface area (Å²) in [5, 5.41) is 11.4. The third-order valence-electron chi connectivity index (χ3n) is 3.44. The third-order valence-corrected chi connectivity index (χ3v) is 3.44. The number of hydrogen-bond acceptors (Lipinski definition) is 3. The molecule has 1 fully saturated rings. The summed E-state index contributed by atoms with van der Waals surface area (Å²) in [4.78, 5) is 22.4. The third kappa shape index (κ3) is 4.34. The van der Waals surface area contributed by atoms with Crippen LogP contribution in [0.25, 0.3) is 0 Å². The molecule has 0 saturated heterocycles. The molecule has 0 aliphatic heterocycles. The zero-order valence-electron chi connectivity index (χ0n) is 10.4. The second kappa shape index (κ2) is 6.59. The highest BCUT2D eigenvalue weighted by Crippen LogP contribution is 2.31. The summed E-state index contributed by atoms with van der Waals surface area (Å²) in [6.45, 7) is 2.35. The number of nitrogens with one attached hydrogen (secondary N) is 1. The minimum absolute atomic E-state index is 0.0300. The van der Waals surface area contributed by atoms with Gasteiger partial charge in [0.2, 0.25) is 5.91 Å². The van der Waals surface area contributed by atoms with Crippen molar-refractivity contribution < 1.29 is 19.4 Å². The van der Waals surface area contributed by atoms with Gasteiger partial charge in [0.15, 0.2) is 0 Å². The molecule has 1 saturated carbocycles. The average molecular weight is 243 g/mol. The normalized spacial score (nSPS) is 25.5. The lowest BCUT2D eigenvalue weighted by Gasteiger charge is -2.18. The Hall–Kier alpha value is -1.10. The number of hydrogen-bond donors (Lipinski definition) is 2.